The van der Waals surface area contributed by atoms with Crippen LogP contribution in [-0.4, -0.2) is 58.2 Å². The minimum absolute atomic E-state index is 0.0907. The van der Waals surface area contributed by atoms with Crippen LogP contribution in [0.1, 0.15) is 61.4 Å². The molecule has 1 unspecified atom stereocenters. The third-order valence-corrected chi connectivity index (χ3v) is 7.11. The topological polar surface area (TPSA) is 124 Å². The van der Waals surface area contributed by atoms with E-state index in [-0.39, 0.29) is 23.1 Å². The first-order valence-corrected chi connectivity index (χ1v) is 11.6. The fraction of sp³-hybridized carbons (Fsp3) is 0.522. The fourth-order valence-corrected chi connectivity index (χ4v) is 5.65. The van der Waals surface area contributed by atoms with Gasteiger partial charge in [-0.2, -0.15) is 15.0 Å². The number of aryl methyl sites for hydroxylation is 2. The lowest BCUT2D eigenvalue weighted by Gasteiger charge is -2.41. The number of hydrogen-bond acceptors (Lipinski definition) is 9. The number of nitrogens with zero attached hydrogens (tertiary/aromatic N) is 8. The van der Waals surface area contributed by atoms with Crippen LogP contribution in [0.4, 0.5) is 5.82 Å². The highest BCUT2D eigenvalue weighted by Gasteiger charge is 2.49. The molecular formula is C23H27N9O2. The molecule has 3 aliphatic rings. The lowest BCUT2D eigenvalue weighted by molar-refractivity contribution is 0.0753. The van der Waals surface area contributed by atoms with E-state index in [2.05, 4.69) is 49.5 Å². The lowest BCUT2D eigenvalue weighted by atomic mass is 9.86. The summed E-state index contributed by atoms with van der Waals surface area (Å²) in [5.41, 5.74) is 2.99. The van der Waals surface area contributed by atoms with E-state index in [4.69, 9.17) is 4.74 Å². The van der Waals surface area contributed by atoms with Crippen LogP contribution in [0.25, 0.3) is 11.4 Å². The second-order valence-electron chi connectivity index (χ2n) is 10.2. The highest BCUT2D eigenvalue weighted by molar-refractivity contribution is 6.07. The van der Waals surface area contributed by atoms with Gasteiger partial charge in [-0.25, -0.2) is 4.98 Å². The SMILES string of the molecule is Cc1nn(C)nc1-c1cnc2c(n1)C(=O)N(c1ccc(OC3C[C@]4(C)CC[C@](C)(C3)N4)nn1)C2. The predicted molar refractivity (Wildman–Crippen MR) is 122 cm³/mol. The van der Waals surface area contributed by atoms with Gasteiger partial charge in [-0.1, -0.05) is 0 Å². The zero-order chi connectivity index (χ0) is 23.7. The predicted octanol–water partition coefficient (Wildman–Crippen LogP) is 1.97. The average Bonchev–Trinajstić information content (AvgIpc) is 3.38. The number of aromatic nitrogens is 7. The van der Waals surface area contributed by atoms with E-state index in [1.807, 2.05) is 6.92 Å². The molecule has 0 aliphatic carbocycles. The van der Waals surface area contributed by atoms with Gasteiger partial charge in [-0.05, 0) is 39.7 Å². The molecule has 2 saturated heterocycles. The van der Waals surface area contributed by atoms with Crippen LogP contribution in [0.15, 0.2) is 18.3 Å². The third kappa shape index (κ3) is 3.51. The summed E-state index contributed by atoms with van der Waals surface area (Å²) in [5.74, 6) is 0.659. The molecule has 0 radical (unpaired) electrons. The number of carbonyl (C=O) groups is 1. The molecule has 2 bridgehead atoms. The van der Waals surface area contributed by atoms with E-state index in [0.717, 1.165) is 31.4 Å². The second-order valence-corrected chi connectivity index (χ2v) is 10.2. The summed E-state index contributed by atoms with van der Waals surface area (Å²) < 4.78 is 6.19. The van der Waals surface area contributed by atoms with Gasteiger partial charge in [0.25, 0.3) is 5.91 Å². The first kappa shape index (κ1) is 21.1. The molecule has 3 aromatic heterocycles. The molecule has 6 rings (SSSR count). The Morgan fingerprint density at radius 3 is 2.50 bits per heavy atom. The Kier molecular flexibility index (Phi) is 4.50. The van der Waals surface area contributed by atoms with Crippen molar-refractivity contribution in [3.05, 3.63) is 35.4 Å². The highest BCUT2D eigenvalue weighted by Crippen LogP contribution is 2.43. The molecular weight excluding hydrogens is 434 g/mol. The molecule has 3 aliphatic heterocycles. The van der Waals surface area contributed by atoms with Crippen molar-refractivity contribution in [3.8, 4) is 17.3 Å². The van der Waals surface area contributed by atoms with E-state index in [0.29, 0.717) is 41.0 Å². The van der Waals surface area contributed by atoms with Crippen LogP contribution in [0.3, 0.4) is 0 Å². The van der Waals surface area contributed by atoms with Gasteiger partial charge in [0.15, 0.2) is 11.5 Å². The normalized spacial score (nSPS) is 27.8. The van der Waals surface area contributed by atoms with Crippen molar-refractivity contribution < 1.29 is 9.53 Å². The summed E-state index contributed by atoms with van der Waals surface area (Å²) in [6, 6.07) is 3.54. The van der Waals surface area contributed by atoms with Crippen molar-refractivity contribution in [2.45, 2.75) is 70.2 Å². The van der Waals surface area contributed by atoms with Crippen molar-refractivity contribution in [3.63, 3.8) is 0 Å². The zero-order valence-corrected chi connectivity index (χ0v) is 19.7. The first-order chi connectivity index (χ1) is 16.2. The van der Waals surface area contributed by atoms with Gasteiger partial charge in [-0.15, -0.1) is 10.2 Å². The van der Waals surface area contributed by atoms with Gasteiger partial charge in [0.1, 0.15) is 17.5 Å². The molecule has 0 saturated carbocycles. The van der Waals surface area contributed by atoms with E-state index < -0.39 is 0 Å². The molecule has 3 atom stereocenters. The molecule has 6 heterocycles. The summed E-state index contributed by atoms with van der Waals surface area (Å²) >= 11 is 0. The third-order valence-electron chi connectivity index (χ3n) is 7.11. The number of ether oxygens (including phenoxy) is 1. The number of carbonyl (C=O) groups excluding carboxylic acids is 1. The Labute approximate surface area is 196 Å². The van der Waals surface area contributed by atoms with Crippen molar-refractivity contribution in [1.82, 2.24) is 40.5 Å². The monoisotopic (exact) mass is 461 g/mol. The van der Waals surface area contributed by atoms with Crippen LogP contribution in [-0.2, 0) is 13.6 Å². The Morgan fingerprint density at radius 2 is 1.85 bits per heavy atom. The maximum atomic E-state index is 13.1. The lowest BCUT2D eigenvalue weighted by Crippen LogP contribution is -2.56. The summed E-state index contributed by atoms with van der Waals surface area (Å²) in [6.45, 7) is 6.66. The van der Waals surface area contributed by atoms with Gasteiger partial charge in [0.05, 0.1) is 24.1 Å². The summed E-state index contributed by atoms with van der Waals surface area (Å²) in [4.78, 5) is 25.1. The largest absolute Gasteiger partial charge is 0.473 e. The minimum atomic E-state index is -0.260. The Balaban J connectivity index is 1.18. The molecule has 1 N–H and O–H groups in total. The number of nitrogens with one attached hydrogen (secondary N) is 1. The fourth-order valence-electron chi connectivity index (χ4n) is 5.65. The molecule has 0 aromatic carbocycles. The summed E-state index contributed by atoms with van der Waals surface area (Å²) in [7, 11) is 1.74. The van der Waals surface area contributed by atoms with Gasteiger partial charge in [-0.3, -0.25) is 14.7 Å². The molecule has 2 fully saturated rings. The van der Waals surface area contributed by atoms with E-state index >= 15 is 0 Å². The Morgan fingerprint density at radius 1 is 1.09 bits per heavy atom. The highest BCUT2D eigenvalue weighted by atomic mass is 16.5. The number of piperidine rings is 1. The smallest absolute Gasteiger partial charge is 0.280 e. The van der Waals surface area contributed by atoms with Gasteiger partial charge in [0.2, 0.25) is 5.88 Å². The molecule has 3 aromatic rings. The van der Waals surface area contributed by atoms with Crippen LogP contribution in [0, 0.1) is 6.92 Å². The average molecular weight is 462 g/mol. The van der Waals surface area contributed by atoms with Gasteiger partial charge >= 0.3 is 0 Å². The van der Waals surface area contributed by atoms with E-state index in [1.165, 1.54) is 9.70 Å². The van der Waals surface area contributed by atoms with Crippen LogP contribution in [0.2, 0.25) is 0 Å². The van der Waals surface area contributed by atoms with Crippen LogP contribution >= 0.6 is 0 Å². The van der Waals surface area contributed by atoms with Gasteiger partial charge in [0, 0.05) is 37.0 Å². The number of hydrogen-bond donors (Lipinski definition) is 1. The van der Waals surface area contributed by atoms with Crippen molar-refractivity contribution in [1.29, 1.82) is 0 Å². The summed E-state index contributed by atoms with van der Waals surface area (Å²) in [6.07, 6.45) is 5.92. The van der Waals surface area contributed by atoms with Crippen molar-refractivity contribution in [2.75, 3.05) is 4.90 Å². The molecule has 176 valence electrons. The molecule has 0 spiro atoms. The second kappa shape index (κ2) is 7.26. The van der Waals surface area contributed by atoms with Crippen LogP contribution < -0.4 is 15.0 Å². The maximum absolute atomic E-state index is 13.1. The Hall–Kier alpha value is -3.47. The molecule has 1 amide bonds. The van der Waals surface area contributed by atoms with Crippen LogP contribution in [0.5, 0.6) is 5.88 Å². The standard InChI is InChI=1S/C23H27N9O2/c1-13-19(29-31(4)28-13)15-11-24-16-12-32(21(33)20(16)25-15)17-5-6-18(27-26-17)34-14-9-22(2)7-8-23(3,10-14)30-22/h5-6,11,14,30H,7-10,12H2,1-4H3/t14?,22-,23+. The zero-order valence-electron chi connectivity index (χ0n) is 19.7. The summed E-state index contributed by atoms with van der Waals surface area (Å²) in [5, 5.41) is 20.9. The molecule has 34 heavy (non-hydrogen) atoms. The Bertz CT molecular complexity index is 1270. The number of anilines is 1. The van der Waals surface area contributed by atoms with E-state index in [1.54, 1.807) is 25.4 Å². The van der Waals surface area contributed by atoms with Gasteiger partial charge < -0.3 is 10.1 Å². The quantitative estimate of drug-likeness (QED) is 0.621. The number of amides is 1. The molecule has 11 nitrogen and oxygen atoms in total. The van der Waals surface area contributed by atoms with Crippen molar-refractivity contribution >= 4 is 11.7 Å². The van der Waals surface area contributed by atoms with Crippen molar-refractivity contribution in [2.24, 2.45) is 7.05 Å². The first-order valence-electron chi connectivity index (χ1n) is 11.6. The maximum Gasteiger partial charge on any atom is 0.280 e. The van der Waals surface area contributed by atoms with E-state index in [9.17, 15) is 4.79 Å². The molecule has 11 heteroatoms. The number of fused-ring (bicyclic) bond motifs is 3. The number of rotatable bonds is 4. The minimum Gasteiger partial charge on any atom is -0.473 e.